The van der Waals surface area contributed by atoms with Gasteiger partial charge in [0, 0.05) is 24.8 Å². The van der Waals surface area contributed by atoms with Crippen molar-refractivity contribution in [3.8, 4) is 12.3 Å². The molecule has 1 aliphatic rings. The molecule has 16 nitrogen and oxygen atoms in total. The molecule has 2 aromatic rings. The number of piperidine rings is 1. The van der Waals surface area contributed by atoms with E-state index in [1.165, 1.54) is 11.9 Å². The van der Waals surface area contributed by atoms with E-state index in [0.717, 1.165) is 5.56 Å². The zero-order chi connectivity index (χ0) is 40.0. The molecule has 54 heavy (non-hydrogen) atoms. The Hall–Kier alpha value is -5.95. The Morgan fingerprint density at radius 2 is 1.56 bits per heavy atom. The highest BCUT2D eigenvalue weighted by Crippen LogP contribution is 2.19. The van der Waals surface area contributed by atoms with Gasteiger partial charge in [-0.05, 0) is 74.5 Å². The van der Waals surface area contributed by atoms with Crippen LogP contribution in [0, 0.1) is 25.2 Å². The molecule has 290 valence electrons. The third-order valence-corrected chi connectivity index (χ3v) is 9.08. The van der Waals surface area contributed by atoms with Crippen molar-refractivity contribution in [1.82, 2.24) is 26.2 Å². The fourth-order valence-corrected chi connectivity index (χ4v) is 5.93. The van der Waals surface area contributed by atoms with Crippen molar-refractivity contribution >= 4 is 52.9 Å². The number of aryl methyl sites for hydroxylation is 1. The van der Waals surface area contributed by atoms with Crippen LogP contribution < -0.4 is 37.6 Å². The molecule has 0 bridgehead atoms. The number of nitrogens with zero attached hydrogens (tertiary/aromatic N) is 1. The highest BCUT2D eigenvalue weighted by molar-refractivity contribution is 6.00. The molecule has 1 fully saturated rings. The second-order valence-electron chi connectivity index (χ2n) is 13.7. The van der Waals surface area contributed by atoms with Crippen LogP contribution in [0.4, 0.5) is 16.2 Å². The van der Waals surface area contributed by atoms with Gasteiger partial charge in [0.1, 0.15) is 23.7 Å². The molecule has 0 unspecified atom stereocenters. The average molecular weight is 747 g/mol. The molecule has 3 rings (SSSR count). The maximum absolute atomic E-state index is 13.7. The molecule has 2 aromatic carbocycles. The van der Waals surface area contributed by atoms with E-state index in [1.807, 2.05) is 39.0 Å². The van der Waals surface area contributed by atoms with E-state index in [0.29, 0.717) is 30.0 Å². The SMILES string of the molecule is C#CC[C@@H](NC(=O)[C@H](CC(=O)O)NC(=O)[C@H](CC(C)C)N(C)C(=O)Cc1ccc(NC(=O)Nc2ccccc2C)cc1)C(=O)NC1(C(N)=O)CCNCC1. The first kappa shape index (κ1) is 42.5. The summed E-state index contributed by atoms with van der Waals surface area (Å²) in [6, 6.07) is 9.40. The average Bonchev–Trinajstić information content (AvgIpc) is 3.11. The number of likely N-dealkylation sites (N-methyl/N-ethyl adjacent to an activating group) is 1. The van der Waals surface area contributed by atoms with Gasteiger partial charge in [-0.25, -0.2) is 4.79 Å². The van der Waals surface area contributed by atoms with Crippen LogP contribution >= 0.6 is 0 Å². The number of carbonyl (C=O) groups is 7. The maximum Gasteiger partial charge on any atom is 0.323 e. The lowest BCUT2D eigenvalue weighted by molar-refractivity contribution is -0.143. The summed E-state index contributed by atoms with van der Waals surface area (Å²) in [5.41, 5.74) is 6.91. The van der Waals surface area contributed by atoms with E-state index in [9.17, 15) is 38.7 Å². The first-order valence-corrected chi connectivity index (χ1v) is 17.6. The lowest BCUT2D eigenvalue weighted by atomic mass is 9.87. The van der Waals surface area contributed by atoms with Crippen molar-refractivity contribution in [2.24, 2.45) is 11.7 Å². The maximum atomic E-state index is 13.7. The third-order valence-electron chi connectivity index (χ3n) is 9.08. The molecule has 1 aliphatic heterocycles. The predicted molar refractivity (Wildman–Crippen MR) is 202 cm³/mol. The summed E-state index contributed by atoms with van der Waals surface area (Å²) in [6.07, 6.45) is 4.82. The number of amides is 7. The Balaban J connectivity index is 1.69. The number of nitrogens with one attached hydrogen (secondary N) is 6. The minimum absolute atomic E-state index is 0.0878. The van der Waals surface area contributed by atoms with Crippen LogP contribution in [-0.2, 0) is 35.2 Å². The Kier molecular flexibility index (Phi) is 15.5. The molecule has 0 radical (unpaired) electrons. The number of carboxylic acids is 1. The summed E-state index contributed by atoms with van der Waals surface area (Å²) in [4.78, 5) is 91.7. The van der Waals surface area contributed by atoms with Gasteiger partial charge < -0.3 is 47.6 Å². The molecule has 9 N–H and O–H groups in total. The fourth-order valence-electron chi connectivity index (χ4n) is 5.93. The smallest absolute Gasteiger partial charge is 0.323 e. The molecule has 0 aromatic heterocycles. The van der Waals surface area contributed by atoms with Crippen LogP contribution in [0.3, 0.4) is 0 Å². The van der Waals surface area contributed by atoms with Crippen molar-refractivity contribution in [3.05, 3.63) is 59.7 Å². The van der Waals surface area contributed by atoms with Crippen LogP contribution in [0.1, 0.15) is 57.1 Å². The van der Waals surface area contributed by atoms with Gasteiger partial charge in [0.05, 0.1) is 12.8 Å². The number of rotatable bonds is 17. The van der Waals surface area contributed by atoms with Crippen molar-refractivity contribution < 1.29 is 38.7 Å². The molecule has 16 heteroatoms. The minimum Gasteiger partial charge on any atom is -0.481 e. The molecular formula is C38H50N8O8. The normalized spacial score (nSPS) is 15.0. The van der Waals surface area contributed by atoms with Crippen LogP contribution in [0.2, 0.25) is 0 Å². The largest absolute Gasteiger partial charge is 0.481 e. The number of nitrogens with two attached hydrogens (primary N) is 1. The van der Waals surface area contributed by atoms with E-state index in [1.54, 1.807) is 30.3 Å². The van der Waals surface area contributed by atoms with E-state index < -0.39 is 71.6 Å². The summed E-state index contributed by atoms with van der Waals surface area (Å²) in [5, 5.41) is 25.7. The van der Waals surface area contributed by atoms with E-state index >= 15 is 0 Å². The van der Waals surface area contributed by atoms with Gasteiger partial charge in [-0.2, -0.15) is 0 Å². The van der Waals surface area contributed by atoms with E-state index in [2.05, 4.69) is 37.8 Å². The Morgan fingerprint density at radius 1 is 0.926 bits per heavy atom. The van der Waals surface area contributed by atoms with Gasteiger partial charge in [-0.3, -0.25) is 28.8 Å². The zero-order valence-electron chi connectivity index (χ0n) is 31.0. The number of carbonyl (C=O) groups excluding carboxylic acids is 6. The van der Waals surface area contributed by atoms with Crippen molar-refractivity contribution in [1.29, 1.82) is 0 Å². The second kappa shape index (κ2) is 19.8. The highest BCUT2D eigenvalue weighted by atomic mass is 16.4. The molecule has 7 amide bonds. The third kappa shape index (κ3) is 12.3. The minimum atomic E-state index is -1.65. The lowest BCUT2D eigenvalue weighted by Crippen LogP contribution is -2.65. The first-order chi connectivity index (χ1) is 25.5. The van der Waals surface area contributed by atoms with Gasteiger partial charge in [0.15, 0.2) is 0 Å². The number of hydrogen-bond acceptors (Lipinski definition) is 8. The molecule has 1 heterocycles. The first-order valence-electron chi connectivity index (χ1n) is 17.6. The van der Waals surface area contributed by atoms with Gasteiger partial charge in [-0.15, -0.1) is 12.3 Å². The number of carboxylic acid groups (broad SMARTS) is 1. The number of terminal acetylenes is 1. The molecular weight excluding hydrogens is 696 g/mol. The van der Waals surface area contributed by atoms with E-state index in [4.69, 9.17) is 12.2 Å². The lowest BCUT2D eigenvalue weighted by Gasteiger charge is -2.36. The summed E-state index contributed by atoms with van der Waals surface area (Å²) in [6.45, 7) is 6.38. The predicted octanol–water partition coefficient (Wildman–Crippen LogP) is 1.25. The highest BCUT2D eigenvalue weighted by Gasteiger charge is 2.41. The number of anilines is 2. The Morgan fingerprint density at radius 3 is 2.13 bits per heavy atom. The van der Waals surface area contributed by atoms with Gasteiger partial charge >= 0.3 is 12.0 Å². The zero-order valence-corrected chi connectivity index (χ0v) is 31.0. The number of benzene rings is 2. The van der Waals surface area contributed by atoms with Gasteiger partial charge in [0.25, 0.3) is 0 Å². The Labute approximate surface area is 314 Å². The number of aliphatic carboxylic acids is 1. The molecule has 0 saturated carbocycles. The standard InChI is InChI=1S/C38H50N8O8/c1-6-9-28(34(51)45-38(36(39)53)16-18-40-19-17-38)42-33(50)29(22-32(48)49)43-35(52)30(20-23(2)3)46(5)31(47)21-25-12-14-26(15-13-25)41-37(54)44-27-11-8-7-10-24(27)4/h1,7-8,10-15,23,28-30,40H,9,16-22H2,2-5H3,(H2,39,53)(H,42,50)(H,43,52)(H,45,51)(H,48,49)(H2,41,44,54)/t28-,29+,30+/m1/s1. The number of para-hydroxylation sites is 1. The molecule has 3 atom stereocenters. The van der Waals surface area contributed by atoms with Crippen LogP contribution in [0.25, 0.3) is 0 Å². The quantitative estimate of drug-likeness (QED) is 0.109. The summed E-state index contributed by atoms with van der Waals surface area (Å²) < 4.78 is 0. The monoisotopic (exact) mass is 746 g/mol. The fraction of sp³-hybridized carbons (Fsp3) is 0.447. The van der Waals surface area contributed by atoms with Crippen molar-refractivity contribution in [2.75, 3.05) is 30.8 Å². The number of primary amides is 1. The molecule has 0 spiro atoms. The van der Waals surface area contributed by atoms with E-state index in [-0.39, 0.29) is 38.0 Å². The van der Waals surface area contributed by atoms with Gasteiger partial charge in [0.2, 0.25) is 29.5 Å². The van der Waals surface area contributed by atoms with Crippen molar-refractivity contribution in [2.45, 2.75) is 83.0 Å². The molecule has 1 saturated heterocycles. The van der Waals surface area contributed by atoms with Crippen LogP contribution in [0.15, 0.2) is 48.5 Å². The van der Waals surface area contributed by atoms with Crippen molar-refractivity contribution in [3.63, 3.8) is 0 Å². The van der Waals surface area contributed by atoms with Gasteiger partial charge in [-0.1, -0.05) is 44.2 Å². The second-order valence-corrected chi connectivity index (χ2v) is 13.7. The Bertz CT molecular complexity index is 1730. The van der Waals surface area contributed by atoms with Crippen LogP contribution in [0.5, 0.6) is 0 Å². The molecule has 0 aliphatic carbocycles. The van der Waals surface area contributed by atoms with Crippen LogP contribution in [-0.4, -0.2) is 95.3 Å². The number of hydrogen-bond donors (Lipinski definition) is 8. The summed E-state index contributed by atoms with van der Waals surface area (Å²) in [5.74, 6) is -2.96. The summed E-state index contributed by atoms with van der Waals surface area (Å²) in [7, 11) is 1.44. The number of urea groups is 1. The summed E-state index contributed by atoms with van der Waals surface area (Å²) >= 11 is 0. The topological polar surface area (TPSA) is 241 Å².